The van der Waals surface area contributed by atoms with Gasteiger partial charge in [-0.05, 0) is 45.2 Å². The Labute approximate surface area is 204 Å². The van der Waals surface area contributed by atoms with E-state index in [2.05, 4.69) is 6.07 Å². The average Bonchev–Trinajstić information content (AvgIpc) is 3.54. The molecule has 1 atom stereocenters. The Balaban J connectivity index is 1.52. The molecule has 9 nitrogen and oxygen atoms in total. The number of nitrogens with zero attached hydrogens (tertiary/aromatic N) is 4. The van der Waals surface area contributed by atoms with E-state index in [0.29, 0.717) is 49.0 Å². The quantitative estimate of drug-likeness (QED) is 0.603. The maximum absolute atomic E-state index is 13.1. The van der Waals surface area contributed by atoms with Crippen LogP contribution in [0.3, 0.4) is 0 Å². The van der Waals surface area contributed by atoms with Gasteiger partial charge >= 0.3 is 5.97 Å². The zero-order valence-electron chi connectivity index (χ0n) is 20.4. The fourth-order valence-corrected chi connectivity index (χ4v) is 5.03. The van der Waals surface area contributed by atoms with Gasteiger partial charge in [-0.3, -0.25) is 4.79 Å². The number of piperazine rings is 1. The number of aromatic nitrogens is 1. The Morgan fingerprint density at radius 2 is 2.09 bits per heavy atom. The van der Waals surface area contributed by atoms with E-state index >= 15 is 0 Å². The molecule has 0 spiro atoms. The first-order valence-corrected chi connectivity index (χ1v) is 12.2. The molecule has 2 fully saturated rings. The fourth-order valence-electron chi connectivity index (χ4n) is 5.03. The monoisotopic (exact) mass is 478 g/mol. The fraction of sp³-hybridized carbons (Fsp3) is 0.538. The molecular formula is C26H30N4O5. The lowest BCUT2D eigenvalue weighted by atomic mass is 9.87. The number of esters is 1. The molecule has 0 N–H and O–H groups in total. The van der Waals surface area contributed by atoms with E-state index in [1.807, 2.05) is 18.7 Å². The maximum Gasteiger partial charge on any atom is 0.330 e. The molecule has 184 valence electrons. The van der Waals surface area contributed by atoms with Crippen LogP contribution in [-0.4, -0.2) is 59.6 Å². The van der Waals surface area contributed by atoms with Crippen molar-refractivity contribution in [3.05, 3.63) is 46.5 Å². The third kappa shape index (κ3) is 4.39. The van der Waals surface area contributed by atoms with Crippen molar-refractivity contribution in [3.63, 3.8) is 0 Å². The molecule has 2 aromatic rings. The number of amides is 1. The van der Waals surface area contributed by atoms with Crippen molar-refractivity contribution in [1.29, 1.82) is 5.26 Å². The van der Waals surface area contributed by atoms with Crippen molar-refractivity contribution in [1.82, 2.24) is 9.88 Å². The summed E-state index contributed by atoms with van der Waals surface area (Å²) in [5, 5.41) is 10.2. The summed E-state index contributed by atoms with van der Waals surface area (Å²) in [6, 6.07) is 3.17. The molecule has 1 saturated carbocycles. The van der Waals surface area contributed by atoms with Crippen LogP contribution in [0.25, 0.3) is 0 Å². The molecule has 3 aliphatic rings. The molecule has 1 saturated heterocycles. The Hall–Kier alpha value is -3.38. The normalized spacial score (nSPS) is 21.3. The minimum absolute atomic E-state index is 0.201. The van der Waals surface area contributed by atoms with Crippen LogP contribution in [0.5, 0.6) is 0 Å². The molecule has 9 heteroatoms. The molecule has 0 bridgehead atoms. The van der Waals surface area contributed by atoms with Crippen LogP contribution in [0, 0.1) is 11.3 Å². The van der Waals surface area contributed by atoms with Crippen molar-refractivity contribution >= 4 is 17.7 Å². The van der Waals surface area contributed by atoms with E-state index in [4.69, 9.17) is 18.9 Å². The van der Waals surface area contributed by atoms with Crippen molar-refractivity contribution in [2.45, 2.75) is 64.2 Å². The van der Waals surface area contributed by atoms with E-state index in [1.165, 1.54) is 17.4 Å². The van der Waals surface area contributed by atoms with Gasteiger partial charge in [0.1, 0.15) is 24.2 Å². The van der Waals surface area contributed by atoms with E-state index in [9.17, 15) is 14.9 Å². The molecular weight excluding hydrogens is 448 g/mol. The topological polar surface area (TPSA) is 109 Å². The van der Waals surface area contributed by atoms with Gasteiger partial charge in [-0.1, -0.05) is 0 Å². The Morgan fingerprint density at radius 1 is 1.29 bits per heavy atom. The van der Waals surface area contributed by atoms with Crippen LogP contribution in [-0.2, 0) is 27.3 Å². The van der Waals surface area contributed by atoms with Crippen LogP contribution in [0.2, 0.25) is 0 Å². The lowest BCUT2D eigenvalue weighted by molar-refractivity contribution is -0.148. The predicted octanol–water partition coefficient (Wildman–Crippen LogP) is 3.17. The molecule has 0 aromatic carbocycles. The highest BCUT2D eigenvalue weighted by Gasteiger charge is 2.41. The van der Waals surface area contributed by atoms with Crippen LogP contribution in [0.4, 0.5) is 5.82 Å². The predicted molar refractivity (Wildman–Crippen MR) is 126 cm³/mol. The Kier molecular flexibility index (Phi) is 6.01. The Morgan fingerprint density at radius 3 is 2.74 bits per heavy atom. The lowest BCUT2D eigenvalue weighted by Crippen LogP contribution is -2.59. The second-order valence-corrected chi connectivity index (χ2v) is 9.99. The van der Waals surface area contributed by atoms with Crippen LogP contribution in [0.15, 0.2) is 23.0 Å². The summed E-state index contributed by atoms with van der Waals surface area (Å²) in [4.78, 5) is 34.6. The third-order valence-electron chi connectivity index (χ3n) is 6.98. The molecule has 0 radical (unpaired) electrons. The van der Waals surface area contributed by atoms with E-state index in [1.54, 1.807) is 13.0 Å². The lowest BCUT2D eigenvalue weighted by Gasteiger charge is -2.41. The number of nitriles is 1. The smallest absolute Gasteiger partial charge is 0.330 e. The SMILES string of the molecule is CCOC(=O)[C@@H]1CN(c2nc(C3CC3)c3c(c2C#N)CC(C)(C)OC3)CCN1C(=O)c1ccoc1. The highest BCUT2D eigenvalue weighted by atomic mass is 16.5. The number of furan rings is 1. The summed E-state index contributed by atoms with van der Waals surface area (Å²) >= 11 is 0. The summed E-state index contributed by atoms with van der Waals surface area (Å²) in [7, 11) is 0. The van der Waals surface area contributed by atoms with Gasteiger partial charge in [0.15, 0.2) is 0 Å². The number of anilines is 1. The number of fused-ring (bicyclic) bond motifs is 1. The van der Waals surface area contributed by atoms with Gasteiger partial charge in [0, 0.05) is 31.0 Å². The first kappa shape index (κ1) is 23.4. The number of rotatable bonds is 5. The Bertz CT molecular complexity index is 1180. The maximum atomic E-state index is 13.1. The molecule has 0 unspecified atom stereocenters. The first-order chi connectivity index (χ1) is 16.8. The van der Waals surface area contributed by atoms with Gasteiger partial charge in [0.2, 0.25) is 0 Å². The van der Waals surface area contributed by atoms with E-state index < -0.39 is 12.0 Å². The first-order valence-electron chi connectivity index (χ1n) is 12.2. The number of carbonyl (C=O) groups is 2. The summed E-state index contributed by atoms with van der Waals surface area (Å²) < 4.78 is 16.5. The minimum atomic E-state index is -0.820. The summed E-state index contributed by atoms with van der Waals surface area (Å²) in [5.74, 6) is 0.218. The van der Waals surface area contributed by atoms with Crippen molar-refractivity contribution in [2.75, 3.05) is 31.1 Å². The molecule has 35 heavy (non-hydrogen) atoms. The van der Waals surface area contributed by atoms with Crippen molar-refractivity contribution < 1.29 is 23.5 Å². The largest absolute Gasteiger partial charge is 0.472 e. The number of carbonyl (C=O) groups excluding carboxylic acids is 2. The second-order valence-electron chi connectivity index (χ2n) is 9.99. The number of pyridine rings is 1. The van der Waals surface area contributed by atoms with Gasteiger partial charge in [0.05, 0.1) is 48.4 Å². The molecule has 4 heterocycles. The van der Waals surface area contributed by atoms with Gasteiger partial charge in [-0.15, -0.1) is 0 Å². The standard InChI is InChI=1S/C26H30N4O5/c1-4-34-25(32)21-13-29(8-9-30(21)24(31)17-7-10-33-14-17)23-19(12-27)18-11-26(2,3)35-15-20(18)22(28-23)16-5-6-16/h7,10,14,16,21H,4-6,8-9,11,13,15H2,1-3H3/t21-/m0/s1. The zero-order valence-corrected chi connectivity index (χ0v) is 20.4. The van der Waals surface area contributed by atoms with Gasteiger partial charge in [0.25, 0.3) is 5.91 Å². The van der Waals surface area contributed by atoms with E-state index in [-0.39, 0.29) is 24.7 Å². The minimum Gasteiger partial charge on any atom is -0.472 e. The highest BCUT2D eigenvalue weighted by molar-refractivity contribution is 5.97. The van der Waals surface area contributed by atoms with Gasteiger partial charge < -0.3 is 23.7 Å². The number of ether oxygens (including phenoxy) is 2. The van der Waals surface area contributed by atoms with Crippen LogP contribution < -0.4 is 4.90 Å². The molecule has 1 amide bonds. The van der Waals surface area contributed by atoms with Crippen molar-refractivity contribution in [2.24, 2.45) is 0 Å². The molecule has 2 aliphatic heterocycles. The molecule has 1 aliphatic carbocycles. The van der Waals surface area contributed by atoms with Gasteiger partial charge in [-0.2, -0.15) is 5.26 Å². The van der Waals surface area contributed by atoms with Crippen molar-refractivity contribution in [3.8, 4) is 6.07 Å². The third-order valence-corrected chi connectivity index (χ3v) is 6.98. The summed E-state index contributed by atoms with van der Waals surface area (Å²) in [5.41, 5.74) is 3.60. The number of hydrogen-bond donors (Lipinski definition) is 0. The highest BCUT2D eigenvalue weighted by Crippen LogP contribution is 2.45. The number of hydrogen-bond acceptors (Lipinski definition) is 8. The zero-order chi connectivity index (χ0) is 24.7. The van der Waals surface area contributed by atoms with Crippen LogP contribution in [0.1, 0.15) is 72.3 Å². The summed E-state index contributed by atoms with van der Waals surface area (Å²) in [6.07, 6.45) is 5.59. The average molecular weight is 479 g/mol. The van der Waals surface area contributed by atoms with E-state index in [0.717, 1.165) is 29.7 Å². The second kappa shape index (κ2) is 9.00. The van der Waals surface area contributed by atoms with Gasteiger partial charge in [-0.25, -0.2) is 9.78 Å². The molecule has 5 rings (SSSR count). The summed E-state index contributed by atoms with van der Waals surface area (Å²) in [6.45, 7) is 7.42. The van der Waals surface area contributed by atoms with Crippen LogP contribution >= 0.6 is 0 Å². The molecule has 2 aromatic heterocycles.